The van der Waals surface area contributed by atoms with Gasteiger partial charge in [-0.15, -0.1) is 0 Å². The van der Waals surface area contributed by atoms with E-state index in [0.717, 1.165) is 5.56 Å². The number of furan rings is 1. The first-order valence-electron chi connectivity index (χ1n) is 4.70. The van der Waals surface area contributed by atoms with E-state index in [0.29, 0.717) is 11.1 Å². The Labute approximate surface area is 99.3 Å². The van der Waals surface area contributed by atoms with Crippen molar-refractivity contribution in [1.82, 2.24) is 5.43 Å². The zero-order chi connectivity index (χ0) is 12.2. The molecule has 1 atom stereocenters. The molecule has 7 heteroatoms. The van der Waals surface area contributed by atoms with Gasteiger partial charge in [0.15, 0.2) is 4.67 Å². The molecular formula is C9H12BrF3N2O. The van der Waals surface area contributed by atoms with Gasteiger partial charge in [-0.3, -0.25) is 11.3 Å². The normalized spacial score (nSPS) is 14.1. The Morgan fingerprint density at radius 2 is 2.19 bits per heavy atom. The Morgan fingerprint density at radius 1 is 1.50 bits per heavy atom. The number of halogens is 4. The summed E-state index contributed by atoms with van der Waals surface area (Å²) in [6.07, 6.45) is -3.15. The molecule has 3 nitrogen and oxygen atoms in total. The van der Waals surface area contributed by atoms with Crippen LogP contribution in [0.15, 0.2) is 21.4 Å². The molecule has 1 aromatic heterocycles. The maximum Gasteiger partial charge on any atom is 0.389 e. The van der Waals surface area contributed by atoms with Crippen LogP contribution in [0.1, 0.15) is 30.9 Å². The van der Waals surface area contributed by atoms with E-state index in [1.807, 2.05) is 0 Å². The van der Waals surface area contributed by atoms with Crippen LogP contribution in [0.4, 0.5) is 13.2 Å². The highest BCUT2D eigenvalue weighted by Crippen LogP contribution is 2.29. The van der Waals surface area contributed by atoms with E-state index in [4.69, 9.17) is 10.3 Å². The second kappa shape index (κ2) is 5.70. The topological polar surface area (TPSA) is 51.2 Å². The summed E-state index contributed by atoms with van der Waals surface area (Å²) in [7, 11) is 0. The lowest BCUT2D eigenvalue weighted by Gasteiger charge is -2.15. The molecule has 1 heterocycles. The number of hydrogen-bond acceptors (Lipinski definition) is 3. The number of hydrazine groups is 1. The molecule has 0 fully saturated rings. The van der Waals surface area contributed by atoms with Crippen molar-refractivity contribution in [3.8, 4) is 0 Å². The summed E-state index contributed by atoms with van der Waals surface area (Å²) in [6.45, 7) is 0. The average Bonchev–Trinajstić information content (AvgIpc) is 2.58. The predicted molar refractivity (Wildman–Crippen MR) is 56.4 cm³/mol. The van der Waals surface area contributed by atoms with Crippen LogP contribution in [-0.2, 0) is 0 Å². The summed E-state index contributed by atoms with van der Waals surface area (Å²) >= 11 is 3.15. The van der Waals surface area contributed by atoms with E-state index in [1.165, 1.54) is 6.26 Å². The standard InChI is InChI=1S/C9H12BrF3N2O/c10-8-6(3-5-16-8)7(15-14)2-1-4-9(11,12)13/h3,5,7,15H,1-2,4,14H2. The van der Waals surface area contributed by atoms with Crippen molar-refractivity contribution in [2.75, 3.05) is 0 Å². The van der Waals surface area contributed by atoms with Gasteiger partial charge in [-0.25, -0.2) is 0 Å². The van der Waals surface area contributed by atoms with Crippen molar-refractivity contribution in [2.45, 2.75) is 31.5 Å². The van der Waals surface area contributed by atoms with Crippen LogP contribution in [0.2, 0.25) is 0 Å². The Bertz CT molecular complexity index is 327. The summed E-state index contributed by atoms with van der Waals surface area (Å²) in [4.78, 5) is 0. The molecule has 0 saturated heterocycles. The molecule has 0 aliphatic rings. The molecule has 3 N–H and O–H groups in total. The quantitative estimate of drug-likeness (QED) is 0.648. The number of rotatable bonds is 5. The summed E-state index contributed by atoms with van der Waals surface area (Å²) in [5.74, 6) is 5.29. The third-order valence-corrected chi connectivity index (χ3v) is 2.82. The van der Waals surface area contributed by atoms with Crippen LogP contribution in [0.25, 0.3) is 0 Å². The number of nitrogens with one attached hydrogen (secondary N) is 1. The lowest BCUT2D eigenvalue weighted by molar-refractivity contribution is -0.135. The first-order chi connectivity index (χ1) is 7.44. The highest BCUT2D eigenvalue weighted by Gasteiger charge is 2.27. The fourth-order valence-electron chi connectivity index (χ4n) is 1.39. The summed E-state index contributed by atoms with van der Waals surface area (Å²) in [5, 5.41) is 0. The fraction of sp³-hybridized carbons (Fsp3) is 0.556. The Kier molecular flexibility index (Phi) is 4.82. The van der Waals surface area contributed by atoms with E-state index < -0.39 is 12.6 Å². The molecule has 16 heavy (non-hydrogen) atoms. The zero-order valence-corrected chi connectivity index (χ0v) is 9.94. The second-order valence-corrected chi connectivity index (χ2v) is 4.10. The molecule has 0 bridgehead atoms. The van der Waals surface area contributed by atoms with Crippen LogP contribution in [-0.4, -0.2) is 6.18 Å². The number of nitrogens with two attached hydrogens (primary N) is 1. The van der Waals surface area contributed by atoms with Gasteiger partial charge in [0.1, 0.15) is 0 Å². The monoisotopic (exact) mass is 300 g/mol. The molecule has 1 aromatic rings. The minimum Gasteiger partial charge on any atom is -0.457 e. The second-order valence-electron chi connectivity index (χ2n) is 3.38. The third-order valence-electron chi connectivity index (χ3n) is 2.18. The number of alkyl halides is 3. The number of hydrogen-bond donors (Lipinski definition) is 2. The van der Waals surface area contributed by atoms with E-state index in [1.54, 1.807) is 6.07 Å². The smallest absolute Gasteiger partial charge is 0.389 e. The maximum atomic E-state index is 12.0. The van der Waals surface area contributed by atoms with Crippen molar-refractivity contribution in [3.63, 3.8) is 0 Å². The molecule has 0 saturated carbocycles. The van der Waals surface area contributed by atoms with Gasteiger partial charge < -0.3 is 4.42 Å². The van der Waals surface area contributed by atoms with Crippen molar-refractivity contribution < 1.29 is 17.6 Å². The van der Waals surface area contributed by atoms with Gasteiger partial charge in [0.05, 0.1) is 12.3 Å². The molecule has 1 rings (SSSR count). The van der Waals surface area contributed by atoms with Crippen LogP contribution >= 0.6 is 15.9 Å². The van der Waals surface area contributed by atoms with Crippen molar-refractivity contribution >= 4 is 15.9 Å². The first kappa shape index (κ1) is 13.5. The predicted octanol–water partition coefficient (Wildman–Crippen LogP) is 3.28. The van der Waals surface area contributed by atoms with E-state index in [9.17, 15) is 13.2 Å². The maximum absolute atomic E-state index is 12.0. The van der Waals surface area contributed by atoms with E-state index in [-0.39, 0.29) is 12.5 Å². The average molecular weight is 301 g/mol. The minimum atomic E-state index is -4.12. The van der Waals surface area contributed by atoms with Crippen LogP contribution in [0.5, 0.6) is 0 Å². The van der Waals surface area contributed by atoms with Gasteiger partial charge in [0.2, 0.25) is 0 Å². The minimum absolute atomic E-state index is 0.0238. The van der Waals surface area contributed by atoms with E-state index >= 15 is 0 Å². The van der Waals surface area contributed by atoms with Gasteiger partial charge in [0.25, 0.3) is 0 Å². The van der Waals surface area contributed by atoms with Gasteiger partial charge in [-0.2, -0.15) is 13.2 Å². The SMILES string of the molecule is NNC(CCCC(F)(F)F)c1ccoc1Br. The largest absolute Gasteiger partial charge is 0.457 e. The highest BCUT2D eigenvalue weighted by atomic mass is 79.9. The van der Waals surface area contributed by atoms with Gasteiger partial charge in [0, 0.05) is 12.0 Å². The van der Waals surface area contributed by atoms with Gasteiger partial charge in [-0.05, 0) is 34.8 Å². The van der Waals surface area contributed by atoms with Crippen LogP contribution in [0.3, 0.4) is 0 Å². The van der Waals surface area contributed by atoms with Crippen LogP contribution < -0.4 is 11.3 Å². The molecule has 0 radical (unpaired) electrons. The van der Waals surface area contributed by atoms with E-state index in [2.05, 4.69) is 21.4 Å². The molecule has 0 aliphatic heterocycles. The summed E-state index contributed by atoms with van der Waals surface area (Å²) in [5.41, 5.74) is 3.20. The zero-order valence-electron chi connectivity index (χ0n) is 8.35. The Balaban J connectivity index is 2.48. The summed E-state index contributed by atoms with van der Waals surface area (Å²) in [6, 6.07) is 1.33. The molecular weight excluding hydrogens is 289 g/mol. The summed E-state index contributed by atoms with van der Waals surface area (Å²) < 4.78 is 41.3. The lowest BCUT2D eigenvalue weighted by atomic mass is 10.0. The highest BCUT2D eigenvalue weighted by molar-refractivity contribution is 9.10. The lowest BCUT2D eigenvalue weighted by Crippen LogP contribution is -2.28. The van der Waals surface area contributed by atoms with Crippen molar-refractivity contribution in [1.29, 1.82) is 0 Å². The molecule has 0 amide bonds. The van der Waals surface area contributed by atoms with Gasteiger partial charge >= 0.3 is 6.18 Å². The Morgan fingerprint density at radius 3 is 2.62 bits per heavy atom. The molecule has 0 aromatic carbocycles. The molecule has 0 aliphatic carbocycles. The molecule has 92 valence electrons. The first-order valence-corrected chi connectivity index (χ1v) is 5.49. The van der Waals surface area contributed by atoms with Crippen molar-refractivity contribution in [3.05, 3.63) is 22.6 Å². The van der Waals surface area contributed by atoms with Gasteiger partial charge in [-0.1, -0.05) is 0 Å². The molecule has 1 unspecified atom stereocenters. The third kappa shape index (κ3) is 4.15. The Hall–Kier alpha value is -0.530. The van der Waals surface area contributed by atoms with Crippen molar-refractivity contribution in [2.24, 2.45) is 5.84 Å². The molecule has 0 spiro atoms. The fourth-order valence-corrected chi connectivity index (χ4v) is 1.91. The van der Waals surface area contributed by atoms with Crippen LogP contribution in [0, 0.1) is 0 Å².